The summed E-state index contributed by atoms with van der Waals surface area (Å²) in [7, 11) is 0. The molecule has 2 heterocycles. The Morgan fingerprint density at radius 1 is 0.372 bits per heavy atom. The van der Waals surface area contributed by atoms with Crippen molar-refractivity contribution in [2.24, 2.45) is 0 Å². The zero-order valence-electron chi connectivity index (χ0n) is 54.6. The Bertz CT molecular complexity index is 1710. The number of Topliss-reactive ketones (excluding diaryl/α,β-unsaturated/α-hetero) is 2. The van der Waals surface area contributed by atoms with Crippen LogP contribution in [-0.2, 0) is 38.1 Å². The number of hydrogen-bond acceptors (Lipinski definition) is 18. The first-order chi connectivity index (χ1) is 38.9. The van der Waals surface area contributed by atoms with Crippen molar-refractivity contribution in [1.82, 2.24) is 0 Å². The van der Waals surface area contributed by atoms with E-state index in [9.17, 15) is 70.2 Å². The summed E-state index contributed by atoms with van der Waals surface area (Å²) in [5.74, 6) is -0.0628. The SMILES string of the molecule is C.C=CCC1(O)CCC(C)(O)CC1.C=CCC1(O)CCC(C)(O)CC1.CC.CC1(O)CCC(=O)CC1.CC1(O)CCC(O)(CC=O)CC1.CC1(O)CCC(O)(CC=O)CC1.CC1(O)CCC2(CC1)OCCO2.O=C1CCC2(CC1)OCCO2.[CH3-].[Li][Mg+]. The molecule has 9 rings (SSSR count). The molecule has 0 atom stereocenters. The minimum atomic E-state index is -0.843. The number of aldehydes is 2. The van der Waals surface area contributed by atoms with Crippen molar-refractivity contribution in [3.05, 3.63) is 32.7 Å². The third-order valence-corrected chi connectivity index (χ3v) is 18.2. The summed E-state index contributed by atoms with van der Waals surface area (Å²) in [6.07, 6.45) is 25.0. The summed E-state index contributed by atoms with van der Waals surface area (Å²) in [5.41, 5.74) is -6.35. The van der Waals surface area contributed by atoms with Crippen LogP contribution in [0.15, 0.2) is 25.3 Å². The second kappa shape index (κ2) is 39.5. The molecule has 86 heavy (non-hydrogen) atoms. The van der Waals surface area contributed by atoms with Crippen LogP contribution in [0.1, 0.15) is 268 Å². The predicted octanol–water partition coefficient (Wildman–Crippen LogP) is 8.66. The van der Waals surface area contributed by atoms with Gasteiger partial charge in [0.25, 0.3) is 0 Å². The van der Waals surface area contributed by atoms with E-state index >= 15 is 0 Å². The molecular formula is C66H121LiMgO18. The number of ketones is 2. The van der Waals surface area contributed by atoms with Gasteiger partial charge in [-0.2, -0.15) is 0 Å². The van der Waals surface area contributed by atoms with E-state index in [1.807, 2.05) is 68.2 Å². The van der Waals surface area contributed by atoms with Crippen LogP contribution in [0.3, 0.4) is 0 Å². The van der Waals surface area contributed by atoms with E-state index < -0.39 is 56.0 Å². The second-order valence-electron chi connectivity index (χ2n) is 26.9. The van der Waals surface area contributed by atoms with Gasteiger partial charge in [0.15, 0.2) is 11.6 Å². The third-order valence-electron chi connectivity index (χ3n) is 18.2. The summed E-state index contributed by atoms with van der Waals surface area (Å²) in [6, 6.07) is 0. The van der Waals surface area contributed by atoms with Crippen molar-refractivity contribution < 1.29 is 89.2 Å². The van der Waals surface area contributed by atoms with Crippen molar-refractivity contribution in [3.8, 4) is 0 Å². The molecule has 0 amide bonds. The summed E-state index contributed by atoms with van der Waals surface area (Å²) >= 11 is 3.89. The van der Waals surface area contributed by atoms with E-state index in [-0.39, 0.29) is 39.3 Å². The summed E-state index contributed by atoms with van der Waals surface area (Å²) < 4.78 is 22.0. The molecule has 10 N–H and O–H groups in total. The summed E-state index contributed by atoms with van der Waals surface area (Å²) in [5, 5.41) is 96.8. The van der Waals surface area contributed by atoms with Gasteiger partial charge in [-0.3, -0.25) is 9.59 Å². The van der Waals surface area contributed by atoms with Crippen LogP contribution in [0, 0.1) is 7.43 Å². The molecule has 0 aromatic rings. The Labute approximate surface area is 538 Å². The maximum atomic E-state index is 10.9. The fourth-order valence-electron chi connectivity index (χ4n) is 11.4. The van der Waals surface area contributed by atoms with Gasteiger partial charge in [0.05, 0.1) is 82.4 Å². The zero-order chi connectivity index (χ0) is 64.3. The summed E-state index contributed by atoms with van der Waals surface area (Å²) in [6.45, 7) is 24.9. The van der Waals surface area contributed by atoms with Gasteiger partial charge in [-0.25, -0.2) is 0 Å². The third kappa shape index (κ3) is 34.6. The van der Waals surface area contributed by atoms with Gasteiger partial charge in [0.1, 0.15) is 24.1 Å². The standard InChI is InChI=1S/2C10H18O2.3C9H16O3.C8H12O3.C7H12O2.C2H6.CH4.CH3.Li.Mg/c2*1-3-4-10(12)7-5-9(2,11)6-8-10;1-8(10)2-4-9(5-3-8)11-6-7-12-9;2*1-8(11)2-4-9(12,5-3-8)6-7-10;9-7-1-3-8(4-2-7)10-5-6-11-8;1-7(9)4-2-6(8)3-5-7;1-2;;;;/h2*3,11-12H,1,4-8H2,2H3;10H,2-7H2,1H3;2*7,11-12H,2-6H2,1H3;1-6H2;9H,2-5H2,1H3;1-2H3;1H4;1H3;;/q;;;;;;;;;-1;;+1. The first kappa shape index (κ1) is 87.0. The van der Waals surface area contributed by atoms with Crippen molar-refractivity contribution in [2.45, 2.75) is 336 Å². The van der Waals surface area contributed by atoms with Crippen LogP contribution in [0.5, 0.6) is 0 Å². The summed E-state index contributed by atoms with van der Waals surface area (Å²) in [4.78, 5) is 42.0. The fourth-order valence-corrected chi connectivity index (χ4v) is 11.4. The maximum absolute atomic E-state index is 10.9. The number of rotatable bonds is 8. The number of carbonyl (C=O) groups excluding carboxylic acids is 4. The molecule has 0 bridgehead atoms. The van der Waals surface area contributed by atoms with Gasteiger partial charge in [0.2, 0.25) is 0 Å². The molecule has 0 aromatic heterocycles. The average Bonchev–Trinajstić information content (AvgIpc) is 3.48. The van der Waals surface area contributed by atoms with E-state index in [4.69, 9.17) is 18.9 Å². The van der Waals surface area contributed by atoms with E-state index in [1.54, 1.807) is 32.9 Å². The molecule has 18 nitrogen and oxygen atoms in total. The van der Waals surface area contributed by atoms with Gasteiger partial charge in [-0.15, -0.1) is 13.2 Å². The van der Waals surface area contributed by atoms with E-state index in [0.29, 0.717) is 192 Å². The molecule has 7 saturated carbocycles. The minimum absolute atomic E-state index is 0. The van der Waals surface area contributed by atoms with Crippen LogP contribution in [-0.4, -0.2) is 203 Å². The zero-order valence-corrected chi connectivity index (χ0v) is 56.0. The molecule has 9 fully saturated rings. The van der Waals surface area contributed by atoms with E-state index in [2.05, 4.69) is 13.2 Å². The normalized spacial score (nSPS) is 35.0. The molecule has 2 saturated heterocycles. The Morgan fingerprint density at radius 3 is 0.767 bits per heavy atom. The molecule has 7 aliphatic carbocycles. The van der Waals surface area contributed by atoms with E-state index in [0.717, 1.165) is 51.1 Å². The predicted molar refractivity (Wildman–Crippen MR) is 339 cm³/mol. The fraction of sp³-hybridized carbons (Fsp3) is 0.864. The van der Waals surface area contributed by atoms with Crippen LogP contribution < -0.4 is 0 Å². The Morgan fingerprint density at radius 2 is 0.558 bits per heavy atom. The van der Waals surface area contributed by atoms with E-state index in [1.165, 1.54) is 0 Å². The molecule has 20 heteroatoms. The molecule has 2 aliphatic heterocycles. The molecular weight excluding hydrogens is 1110 g/mol. The molecule has 0 radical (unpaired) electrons. The monoisotopic (exact) mass is 1230 g/mol. The quantitative estimate of drug-likeness (QED) is 0.0470. The topological polar surface area (TPSA) is 308 Å². The number of ether oxygens (including phenoxy) is 4. The Kier molecular flexibility index (Phi) is 40.0. The number of aliphatic hydroxyl groups is 10. The molecule has 496 valence electrons. The van der Waals surface area contributed by atoms with Crippen molar-refractivity contribution in [2.75, 3.05) is 26.4 Å². The van der Waals surface area contributed by atoms with Crippen molar-refractivity contribution in [3.63, 3.8) is 0 Å². The molecule has 9 aliphatic rings. The molecule has 0 unspecified atom stereocenters. The average molecular weight is 1230 g/mol. The van der Waals surface area contributed by atoms with Gasteiger partial charge in [-0.05, 0) is 183 Å². The van der Waals surface area contributed by atoms with Crippen LogP contribution >= 0.6 is 0 Å². The molecule has 2 spiro atoms. The Hall–Kier alpha value is -1.04. The van der Waals surface area contributed by atoms with Gasteiger partial charge in [0, 0.05) is 64.2 Å². The van der Waals surface area contributed by atoms with Gasteiger partial charge in [-0.1, -0.05) is 33.4 Å². The number of carbonyl (C=O) groups is 4. The van der Waals surface area contributed by atoms with Crippen LogP contribution in [0.4, 0.5) is 0 Å². The first-order valence-corrected chi connectivity index (χ1v) is 33.0. The van der Waals surface area contributed by atoms with Crippen LogP contribution in [0.25, 0.3) is 0 Å². The van der Waals surface area contributed by atoms with Gasteiger partial charge >= 0.3 is 33.6 Å². The van der Waals surface area contributed by atoms with Gasteiger partial charge < -0.3 is 87.0 Å². The van der Waals surface area contributed by atoms with Crippen molar-refractivity contribution >= 4 is 57.7 Å². The number of hydrogen-bond donors (Lipinski definition) is 10. The first-order valence-electron chi connectivity index (χ1n) is 31.6. The Balaban J connectivity index is 0. The second-order valence-corrected chi connectivity index (χ2v) is 26.9. The molecule has 0 aromatic carbocycles. The van der Waals surface area contributed by atoms with Crippen LogP contribution in [0.2, 0.25) is 0 Å². The van der Waals surface area contributed by atoms with Crippen molar-refractivity contribution in [1.29, 1.82) is 0 Å².